The number of benzene rings is 21. The van der Waals surface area contributed by atoms with Gasteiger partial charge < -0.3 is 27.4 Å². The summed E-state index contributed by atoms with van der Waals surface area (Å²) in [5, 5.41) is 17.7. The van der Waals surface area contributed by atoms with Crippen LogP contribution in [-0.4, -0.2) is 27.4 Å². The Labute approximate surface area is 751 Å². The van der Waals surface area contributed by atoms with Crippen LogP contribution >= 0.6 is 0 Å². The minimum Gasteiger partial charge on any atom is -0.309 e. The second kappa shape index (κ2) is 31.4. The van der Waals surface area contributed by atoms with Crippen molar-refractivity contribution >= 4 is 142 Å². The largest absolute Gasteiger partial charge is 0.309 e. The highest BCUT2D eigenvalue weighted by Crippen LogP contribution is 2.45. The van der Waals surface area contributed by atoms with Crippen molar-refractivity contribution in [3.05, 3.63) is 497 Å². The fourth-order valence-corrected chi connectivity index (χ4v) is 20.6. The Bertz CT molecular complexity index is 8900. The summed E-state index contributed by atoms with van der Waals surface area (Å²) in [6, 6.07) is 180. The van der Waals surface area contributed by atoms with Crippen molar-refractivity contribution in [1.29, 1.82) is 0 Å². The highest BCUT2D eigenvalue weighted by Gasteiger charge is 2.23. The van der Waals surface area contributed by atoms with Gasteiger partial charge in [-0.15, -0.1) is 0 Å². The molecule has 0 saturated carbocycles. The van der Waals surface area contributed by atoms with Crippen molar-refractivity contribution in [3.63, 3.8) is 0 Å². The van der Waals surface area contributed by atoms with E-state index in [4.69, 9.17) is 0 Å². The van der Waals surface area contributed by atoms with Crippen LogP contribution in [0, 0.1) is 0 Å². The quantitative estimate of drug-likeness (QED) is 0.124. The molecule has 0 unspecified atom stereocenters. The fourth-order valence-electron chi connectivity index (χ4n) is 20.6. The Hall–Kier alpha value is -17.3. The first-order valence-corrected chi connectivity index (χ1v) is 44.7. The molecule has 130 heavy (non-hydrogen) atoms. The first-order valence-electron chi connectivity index (χ1n) is 44.7. The van der Waals surface area contributed by atoms with Crippen molar-refractivity contribution in [2.45, 2.75) is 0 Å². The normalized spacial score (nSPS) is 11.7. The van der Waals surface area contributed by atoms with Gasteiger partial charge in [0.15, 0.2) is 0 Å². The zero-order valence-corrected chi connectivity index (χ0v) is 71.0. The van der Waals surface area contributed by atoms with E-state index in [1.165, 1.54) is 231 Å². The van der Waals surface area contributed by atoms with Crippen molar-refractivity contribution in [2.75, 3.05) is 0 Å². The maximum atomic E-state index is 2.42. The first-order chi connectivity index (χ1) is 64.5. The van der Waals surface area contributed by atoms with Gasteiger partial charge in [-0.1, -0.05) is 315 Å². The van der Waals surface area contributed by atoms with Crippen LogP contribution in [0.1, 0.15) is 0 Å². The number of nitrogens with zero attached hydrogens (tertiary/aromatic N) is 6. The molecule has 0 aliphatic rings. The lowest BCUT2D eigenvalue weighted by molar-refractivity contribution is 1.18. The molecule has 0 fully saturated rings. The lowest BCUT2D eigenvalue weighted by Crippen LogP contribution is -1.95. The van der Waals surface area contributed by atoms with Crippen molar-refractivity contribution in [2.24, 2.45) is 0 Å². The molecule has 6 nitrogen and oxygen atoms in total. The molecule has 0 amide bonds. The van der Waals surface area contributed by atoms with Crippen LogP contribution in [0.3, 0.4) is 0 Å². The molecule has 27 rings (SSSR count). The molecule has 0 N–H and O–H groups in total. The highest BCUT2D eigenvalue weighted by molar-refractivity contribution is 6.17. The first kappa shape index (κ1) is 75.2. The summed E-state index contributed by atoms with van der Waals surface area (Å²) in [6.07, 6.45) is 0. The molecule has 0 aliphatic carbocycles. The van der Waals surface area contributed by atoms with Gasteiger partial charge >= 0.3 is 0 Å². The summed E-state index contributed by atoms with van der Waals surface area (Å²) in [6.45, 7) is 0. The smallest absolute Gasteiger partial charge is 0.0541 e. The Morgan fingerprint density at radius 3 is 0.600 bits per heavy atom. The van der Waals surface area contributed by atoms with E-state index in [9.17, 15) is 0 Å². The molecule has 0 saturated heterocycles. The van der Waals surface area contributed by atoms with Crippen LogP contribution in [0.15, 0.2) is 497 Å². The molecule has 0 spiro atoms. The zero-order valence-electron chi connectivity index (χ0n) is 71.0. The molecule has 6 aromatic heterocycles. The summed E-state index contributed by atoms with van der Waals surface area (Å²) >= 11 is 0. The predicted molar refractivity (Wildman–Crippen MR) is 550 cm³/mol. The van der Waals surface area contributed by atoms with E-state index in [-0.39, 0.29) is 0 Å². The van der Waals surface area contributed by atoms with Crippen LogP contribution in [0.2, 0.25) is 0 Å². The molecule has 6 heterocycles. The molecule has 0 bridgehead atoms. The van der Waals surface area contributed by atoms with Crippen LogP contribution in [0.25, 0.3) is 231 Å². The third kappa shape index (κ3) is 12.7. The summed E-state index contributed by atoms with van der Waals surface area (Å²) in [5.41, 5.74) is 34.0. The average Bonchev–Trinajstić information content (AvgIpc) is 1.60. The number of aromatic nitrogens is 6. The van der Waals surface area contributed by atoms with Gasteiger partial charge in [0.05, 0.1) is 71.9 Å². The van der Waals surface area contributed by atoms with E-state index in [0.29, 0.717) is 0 Å². The van der Waals surface area contributed by atoms with Crippen LogP contribution in [0.4, 0.5) is 0 Å². The lowest BCUT2D eigenvalue weighted by Gasteiger charge is -2.12. The number of hydrogen-bond acceptors (Lipinski definition) is 0. The Morgan fingerprint density at radius 2 is 0.292 bits per heavy atom. The molecular weight excluding hydrogens is 1570 g/mol. The van der Waals surface area contributed by atoms with Gasteiger partial charge in [0.25, 0.3) is 0 Å². The van der Waals surface area contributed by atoms with E-state index >= 15 is 0 Å². The molecule has 0 radical (unpaired) electrons. The molecule has 6 heteroatoms. The second-order valence-electron chi connectivity index (χ2n) is 33.8. The van der Waals surface area contributed by atoms with E-state index in [0.717, 1.165) is 0 Å². The van der Waals surface area contributed by atoms with Gasteiger partial charge in [0, 0.05) is 98.5 Å². The molecule has 0 aliphatic heterocycles. The predicted octanol–water partition coefficient (Wildman–Crippen LogP) is 33.1. The monoisotopic (exact) mass is 1650 g/mol. The minimum atomic E-state index is 1.17. The van der Waals surface area contributed by atoms with Gasteiger partial charge in [0.2, 0.25) is 0 Å². The van der Waals surface area contributed by atoms with E-state index < -0.39 is 0 Å². The van der Waals surface area contributed by atoms with Crippen molar-refractivity contribution in [3.8, 4) is 89.8 Å². The van der Waals surface area contributed by atoms with Gasteiger partial charge in [-0.25, -0.2) is 0 Å². The standard InChI is InChI=1S/2C42H28N2.C40H26N2/c1-3-14-33(15-4-1)43-39-20-9-7-18-35(39)37-27-31(22-24-41(37)43)29-12-11-13-30(26-29)32-23-25-42-38(28-32)36-19-8-10-21-40(36)44(42)34-16-5-2-6-17-34;1-3-11-29(12-4-1)30-19-23-34(24-20-30)44-40-18-10-8-16-36(40)38-28-32(22-26-42(38)44)31-21-25-41-37(27-31)35-15-7-9-17-39(35)43(41)33-13-5-2-6-14-33;1-2-13-30(14-3-1)41-37-18-8-6-16-32(37)34-25-28(21-23-39(34)41)29-22-24-40-35(26-29)33-17-7-9-19-38(33)42(40)36-20-10-12-27-11-4-5-15-31(27)36/h2*1-28H;1-26H. The Balaban J connectivity index is 0.000000105. The number of rotatable bonds is 11. The summed E-state index contributed by atoms with van der Waals surface area (Å²) in [7, 11) is 0. The summed E-state index contributed by atoms with van der Waals surface area (Å²) in [4.78, 5) is 0. The van der Waals surface area contributed by atoms with Crippen LogP contribution in [-0.2, 0) is 0 Å². The molecule has 608 valence electrons. The fraction of sp³-hybridized carbons (Fsp3) is 0. The topological polar surface area (TPSA) is 29.6 Å². The zero-order chi connectivity index (χ0) is 85.7. The Kier molecular flexibility index (Phi) is 18.2. The number of para-hydroxylation sites is 10. The molecule has 21 aromatic carbocycles. The van der Waals surface area contributed by atoms with Gasteiger partial charge in [-0.2, -0.15) is 0 Å². The summed E-state index contributed by atoms with van der Waals surface area (Å²) < 4.78 is 14.3. The van der Waals surface area contributed by atoms with Gasteiger partial charge in [-0.05, 0) is 243 Å². The van der Waals surface area contributed by atoms with Crippen LogP contribution < -0.4 is 0 Å². The Morgan fingerprint density at radius 1 is 0.100 bits per heavy atom. The van der Waals surface area contributed by atoms with E-state index in [2.05, 4.69) is 525 Å². The van der Waals surface area contributed by atoms with Crippen LogP contribution in [0.5, 0.6) is 0 Å². The molecule has 0 atom stereocenters. The third-order valence-electron chi connectivity index (χ3n) is 26.5. The number of fused-ring (bicyclic) bond motifs is 19. The lowest BCUT2D eigenvalue weighted by atomic mass is 9.97. The van der Waals surface area contributed by atoms with E-state index in [1.54, 1.807) is 0 Å². The number of hydrogen-bond donors (Lipinski definition) is 0. The minimum absolute atomic E-state index is 1.17. The van der Waals surface area contributed by atoms with E-state index in [1.807, 2.05) is 0 Å². The second-order valence-corrected chi connectivity index (χ2v) is 33.8. The SMILES string of the molecule is c1ccc(-c2ccc(-n3c4ccccc4c4cc(-c5ccc6c(c5)c5ccccc5n6-c5ccccc5)ccc43)cc2)cc1.c1ccc(-n2c3ccccc3c3cc(-c4ccc5c(c4)c4ccccc4n5-c4cccc5ccccc45)ccc32)cc1.c1ccc(-n2c3ccccc3c3cc(-c4cccc(-c5ccc6c(c5)c5ccccc5n6-c5ccccc5)c4)ccc32)cc1. The van der Waals surface area contributed by atoms with Gasteiger partial charge in [-0.3, -0.25) is 0 Å². The molecule has 27 aromatic rings. The van der Waals surface area contributed by atoms with Crippen molar-refractivity contribution < 1.29 is 0 Å². The average molecular weight is 1660 g/mol. The maximum Gasteiger partial charge on any atom is 0.0541 e. The van der Waals surface area contributed by atoms with Gasteiger partial charge in [0.1, 0.15) is 0 Å². The third-order valence-corrected chi connectivity index (χ3v) is 26.5. The van der Waals surface area contributed by atoms with Crippen molar-refractivity contribution in [1.82, 2.24) is 27.4 Å². The highest BCUT2D eigenvalue weighted by atomic mass is 15.0. The molecular formula is C124H82N6. The summed E-state index contributed by atoms with van der Waals surface area (Å²) in [5.74, 6) is 0. The maximum absolute atomic E-state index is 2.42.